The summed E-state index contributed by atoms with van der Waals surface area (Å²) in [6.07, 6.45) is -0.558. The highest BCUT2D eigenvalue weighted by atomic mass is 16.6. The molecule has 1 saturated heterocycles. The van der Waals surface area contributed by atoms with Crippen LogP contribution >= 0.6 is 0 Å². The molecule has 1 aliphatic rings. The van der Waals surface area contributed by atoms with Gasteiger partial charge in [-0.25, -0.2) is 0 Å². The van der Waals surface area contributed by atoms with Crippen molar-refractivity contribution < 1.29 is 14.3 Å². The molecule has 1 amide bonds. The first kappa shape index (κ1) is 15.3. The van der Waals surface area contributed by atoms with Crippen molar-refractivity contribution in [1.29, 1.82) is 0 Å². The van der Waals surface area contributed by atoms with Crippen LogP contribution in [0.2, 0.25) is 0 Å². The van der Waals surface area contributed by atoms with Gasteiger partial charge in [-0.3, -0.25) is 14.5 Å². The van der Waals surface area contributed by atoms with Crippen LogP contribution in [0.5, 0.6) is 0 Å². The number of β-lactam (4-membered cyclic amide) rings is 1. The topological polar surface area (TPSA) is 46.6 Å². The Morgan fingerprint density at radius 1 is 1.04 bits per heavy atom. The van der Waals surface area contributed by atoms with Crippen molar-refractivity contribution in [2.45, 2.75) is 32.0 Å². The largest absolute Gasteiger partial charge is 0.440 e. The summed E-state index contributed by atoms with van der Waals surface area (Å²) in [6.45, 7) is 3.32. The van der Waals surface area contributed by atoms with Crippen LogP contribution in [-0.4, -0.2) is 23.0 Å². The molecule has 0 aliphatic carbocycles. The molecular formula is C19H19NO3. The Kier molecular flexibility index (Phi) is 4.15. The second-order valence-electron chi connectivity index (χ2n) is 5.72. The predicted molar refractivity (Wildman–Crippen MR) is 86.4 cm³/mol. The lowest BCUT2D eigenvalue weighted by Crippen LogP contribution is -2.61. The fraction of sp³-hybridized carbons (Fsp3) is 0.263. The highest BCUT2D eigenvalue weighted by Gasteiger charge is 2.52. The minimum absolute atomic E-state index is 0.0150. The average molecular weight is 309 g/mol. The molecule has 1 heterocycles. The lowest BCUT2D eigenvalue weighted by molar-refractivity contribution is -0.193. The molecule has 0 spiro atoms. The van der Waals surface area contributed by atoms with E-state index in [1.54, 1.807) is 4.90 Å². The molecular weight excluding hydrogens is 290 g/mol. The van der Waals surface area contributed by atoms with Gasteiger partial charge in [0.15, 0.2) is 6.23 Å². The zero-order valence-electron chi connectivity index (χ0n) is 13.2. The number of esters is 1. The average Bonchev–Trinajstić information content (AvgIpc) is 2.56. The maximum Gasteiger partial charge on any atom is 0.304 e. The Balaban J connectivity index is 1.89. The van der Waals surface area contributed by atoms with Gasteiger partial charge < -0.3 is 4.74 Å². The molecule has 4 heteroatoms. The summed E-state index contributed by atoms with van der Waals surface area (Å²) in [7, 11) is 0. The molecule has 0 N–H and O–H groups in total. The number of nitrogens with zero attached hydrogens (tertiary/aromatic N) is 1. The van der Waals surface area contributed by atoms with Gasteiger partial charge >= 0.3 is 5.97 Å². The van der Waals surface area contributed by atoms with E-state index in [-0.39, 0.29) is 17.9 Å². The van der Waals surface area contributed by atoms with Crippen molar-refractivity contribution in [3.05, 3.63) is 71.8 Å². The van der Waals surface area contributed by atoms with Crippen molar-refractivity contribution in [3.8, 4) is 0 Å². The van der Waals surface area contributed by atoms with Gasteiger partial charge in [0.2, 0.25) is 5.91 Å². The van der Waals surface area contributed by atoms with Crippen LogP contribution in [0.3, 0.4) is 0 Å². The minimum atomic E-state index is -0.558. The van der Waals surface area contributed by atoms with Gasteiger partial charge in [-0.2, -0.15) is 0 Å². The van der Waals surface area contributed by atoms with Crippen molar-refractivity contribution in [3.63, 3.8) is 0 Å². The van der Waals surface area contributed by atoms with E-state index >= 15 is 0 Å². The van der Waals surface area contributed by atoms with E-state index in [4.69, 9.17) is 4.74 Å². The summed E-state index contributed by atoms with van der Waals surface area (Å²) in [5, 5.41) is 0. The van der Waals surface area contributed by atoms with E-state index in [0.29, 0.717) is 0 Å². The quantitative estimate of drug-likeness (QED) is 0.643. The highest BCUT2D eigenvalue weighted by Crippen LogP contribution is 2.42. The molecule has 23 heavy (non-hydrogen) atoms. The fourth-order valence-electron chi connectivity index (χ4n) is 3.05. The van der Waals surface area contributed by atoms with Gasteiger partial charge in [0.1, 0.15) is 5.92 Å². The second kappa shape index (κ2) is 6.24. The zero-order valence-corrected chi connectivity index (χ0v) is 13.2. The van der Waals surface area contributed by atoms with Crippen molar-refractivity contribution in [2.75, 3.05) is 0 Å². The Bertz CT molecular complexity index is 699. The molecule has 0 saturated carbocycles. The standard InChI is InChI=1S/C19H19NO3/c1-13(15-9-5-3-6-10-15)20-18(22)17(19(20)23-14(2)21)16-11-7-4-8-12-16/h3-13,17,19H,1-2H3. The number of likely N-dealkylation sites (tertiary alicyclic amines) is 1. The van der Waals surface area contributed by atoms with Crippen LogP contribution in [-0.2, 0) is 14.3 Å². The lowest BCUT2D eigenvalue weighted by atomic mass is 9.85. The van der Waals surface area contributed by atoms with Crippen molar-refractivity contribution >= 4 is 11.9 Å². The van der Waals surface area contributed by atoms with Gasteiger partial charge in [0, 0.05) is 6.92 Å². The number of carbonyl (C=O) groups excluding carboxylic acids is 2. The number of rotatable bonds is 4. The summed E-state index contributed by atoms with van der Waals surface area (Å²) < 4.78 is 5.45. The first-order valence-electron chi connectivity index (χ1n) is 7.69. The van der Waals surface area contributed by atoms with E-state index in [1.165, 1.54) is 6.92 Å². The third-order valence-corrected chi connectivity index (χ3v) is 4.22. The molecule has 0 aromatic heterocycles. The van der Waals surface area contributed by atoms with Gasteiger partial charge in [-0.05, 0) is 18.1 Å². The molecule has 0 bridgehead atoms. The Labute approximate surface area is 135 Å². The fourth-order valence-corrected chi connectivity index (χ4v) is 3.05. The Morgan fingerprint density at radius 3 is 2.17 bits per heavy atom. The van der Waals surface area contributed by atoms with E-state index in [1.807, 2.05) is 67.6 Å². The first-order chi connectivity index (χ1) is 11.1. The summed E-state index contributed by atoms with van der Waals surface area (Å²) in [5.41, 5.74) is 1.89. The van der Waals surface area contributed by atoms with Gasteiger partial charge in [-0.1, -0.05) is 60.7 Å². The number of ether oxygens (including phenoxy) is 1. The number of amides is 1. The van der Waals surface area contributed by atoms with Crippen LogP contribution in [0, 0.1) is 0 Å². The maximum absolute atomic E-state index is 12.7. The molecule has 2 aromatic rings. The summed E-state index contributed by atoms with van der Waals surface area (Å²) in [6, 6.07) is 19.1. The van der Waals surface area contributed by atoms with Gasteiger partial charge in [0.05, 0.1) is 6.04 Å². The minimum Gasteiger partial charge on any atom is -0.440 e. The molecule has 3 atom stereocenters. The van der Waals surface area contributed by atoms with Crippen LogP contribution < -0.4 is 0 Å². The third-order valence-electron chi connectivity index (χ3n) is 4.22. The molecule has 118 valence electrons. The number of hydrogen-bond donors (Lipinski definition) is 0. The highest BCUT2D eigenvalue weighted by molar-refractivity contribution is 5.91. The molecule has 4 nitrogen and oxygen atoms in total. The zero-order chi connectivity index (χ0) is 16.4. The van der Waals surface area contributed by atoms with Crippen LogP contribution in [0.4, 0.5) is 0 Å². The van der Waals surface area contributed by atoms with Gasteiger partial charge in [-0.15, -0.1) is 0 Å². The van der Waals surface area contributed by atoms with Crippen LogP contribution in [0.25, 0.3) is 0 Å². The molecule has 3 rings (SSSR count). The van der Waals surface area contributed by atoms with Crippen LogP contribution in [0.15, 0.2) is 60.7 Å². The SMILES string of the molecule is CC(=O)OC1C(c2ccccc2)C(=O)N1C(C)c1ccccc1. The molecule has 1 fully saturated rings. The predicted octanol–water partition coefficient (Wildman–Crippen LogP) is 3.26. The normalized spacial score (nSPS) is 21.5. The van der Waals surface area contributed by atoms with Gasteiger partial charge in [0.25, 0.3) is 0 Å². The lowest BCUT2D eigenvalue weighted by Gasteiger charge is -2.49. The third kappa shape index (κ3) is 2.84. The Hall–Kier alpha value is -2.62. The van der Waals surface area contributed by atoms with Crippen molar-refractivity contribution in [1.82, 2.24) is 4.90 Å². The number of carbonyl (C=O) groups is 2. The van der Waals surface area contributed by atoms with E-state index < -0.39 is 12.1 Å². The van der Waals surface area contributed by atoms with E-state index in [9.17, 15) is 9.59 Å². The smallest absolute Gasteiger partial charge is 0.304 e. The summed E-state index contributed by atoms with van der Waals surface area (Å²) in [5.74, 6) is -0.821. The Morgan fingerprint density at radius 2 is 1.61 bits per heavy atom. The first-order valence-corrected chi connectivity index (χ1v) is 7.69. The molecule has 2 aromatic carbocycles. The number of benzene rings is 2. The second-order valence-corrected chi connectivity index (χ2v) is 5.72. The van der Waals surface area contributed by atoms with E-state index in [2.05, 4.69) is 0 Å². The van der Waals surface area contributed by atoms with E-state index in [0.717, 1.165) is 11.1 Å². The summed E-state index contributed by atoms with van der Waals surface area (Å²) in [4.78, 5) is 25.8. The summed E-state index contributed by atoms with van der Waals surface area (Å²) >= 11 is 0. The molecule has 0 radical (unpaired) electrons. The van der Waals surface area contributed by atoms with Crippen molar-refractivity contribution in [2.24, 2.45) is 0 Å². The monoisotopic (exact) mass is 309 g/mol. The molecule has 1 aliphatic heterocycles. The van der Waals surface area contributed by atoms with Crippen LogP contribution in [0.1, 0.15) is 36.9 Å². The molecule has 3 unspecified atom stereocenters. The maximum atomic E-state index is 12.7. The number of hydrogen-bond acceptors (Lipinski definition) is 3.